The monoisotopic (exact) mass is 266 g/mol. The average molecular weight is 266 g/mol. The number of aromatic nitrogens is 3. The Labute approximate surface area is 111 Å². The van der Waals surface area contributed by atoms with E-state index in [-0.39, 0.29) is 0 Å². The van der Waals surface area contributed by atoms with E-state index in [2.05, 4.69) is 26.8 Å². The van der Waals surface area contributed by atoms with E-state index in [1.807, 2.05) is 12.1 Å². The van der Waals surface area contributed by atoms with Gasteiger partial charge in [0.2, 0.25) is 0 Å². The predicted octanol–water partition coefficient (Wildman–Crippen LogP) is 1.98. The molecule has 0 bridgehead atoms. The summed E-state index contributed by atoms with van der Waals surface area (Å²) in [7, 11) is 0. The highest BCUT2D eigenvalue weighted by atomic mass is 32.2. The molecular weight excluding hydrogens is 248 g/mol. The van der Waals surface area contributed by atoms with E-state index in [4.69, 9.17) is 4.42 Å². The molecule has 18 heavy (non-hydrogen) atoms. The van der Waals surface area contributed by atoms with E-state index in [1.54, 1.807) is 18.1 Å². The molecule has 0 aromatic carbocycles. The Bertz CT molecular complexity index is 441. The Morgan fingerprint density at radius 1 is 1.39 bits per heavy atom. The summed E-state index contributed by atoms with van der Waals surface area (Å²) in [5.41, 5.74) is 0. The second-order valence-corrected chi connectivity index (χ2v) is 4.88. The first-order chi connectivity index (χ1) is 8.88. The predicted molar refractivity (Wildman–Crippen MR) is 72.3 cm³/mol. The van der Waals surface area contributed by atoms with Crippen molar-refractivity contribution in [2.24, 2.45) is 0 Å². The number of aryl methyl sites for hydroxylation is 1. The number of H-pyrrole nitrogens is 1. The molecule has 2 N–H and O–H groups in total. The first-order valence-corrected chi connectivity index (χ1v) is 7.39. The van der Waals surface area contributed by atoms with Crippen molar-refractivity contribution in [3.63, 3.8) is 0 Å². The lowest BCUT2D eigenvalue weighted by molar-refractivity contribution is 0.458. The second kappa shape index (κ2) is 7.23. The molecule has 0 aliphatic rings. The van der Waals surface area contributed by atoms with Crippen LogP contribution in [0.4, 0.5) is 0 Å². The Hall–Kier alpha value is -1.27. The molecule has 0 aliphatic carbocycles. The summed E-state index contributed by atoms with van der Waals surface area (Å²) in [5.74, 6) is 3.92. The van der Waals surface area contributed by atoms with E-state index in [9.17, 15) is 0 Å². The van der Waals surface area contributed by atoms with Crippen LogP contribution in [-0.2, 0) is 18.7 Å². The first-order valence-electron chi connectivity index (χ1n) is 6.00. The van der Waals surface area contributed by atoms with Crippen LogP contribution < -0.4 is 5.32 Å². The molecular formula is C12H18N4OS. The molecule has 2 aromatic rings. The fourth-order valence-corrected chi connectivity index (χ4v) is 2.12. The fraction of sp³-hybridized carbons (Fsp3) is 0.500. The molecule has 0 saturated carbocycles. The number of nitrogens with one attached hydrogen (secondary N) is 2. The van der Waals surface area contributed by atoms with Crippen molar-refractivity contribution in [3.8, 4) is 0 Å². The van der Waals surface area contributed by atoms with Gasteiger partial charge in [0.15, 0.2) is 0 Å². The van der Waals surface area contributed by atoms with Crippen LogP contribution in [0.1, 0.15) is 23.8 Å². The molecule has 0 spiro atoms. The van der Waals surface area contributed by atoms with Gasteiger partial charge in [-0.1, -0.05) is 0 Å². The van der Waals surface area contributed by atoms with Crippen molar-refractivity contribution in [2.75, 3.05) is 12.8 Å². The second-order valence-electron chi connectivity index (χ2n) is 4.01. The fourth-order valence-electron chi connectivity index (χ4n) is 1.68. The number of thioether (sulfide) groups is 1. The summed E-state index contributed by atoms with van der Waals surface area (Å²) in [4.78, 5) is 4.08. The van der Waals surface area contributed by atoms with E-state index in [1.165, 1.54) is 0 Å². The van der Waals surface area contributed by atoms with Crippen LogP contribution in [0.5, 0.6) is 0 Å². The lowest BCUT2D eigenvalue weighted by Gasteiger charge is -2.01. The van der Waals surface area contributed by atoms with Crippen molar-refractivity contribution in [2.45, 2.75) is 25.1 Å². The largest absolute Gasteiger partial charge is 0.464 e. The Morgan fingerprint density at radius 3 is 3.06 bits per heavy atom. The maximum Gasteiger partial charge on any atom is 0.137 e. The molecule has 0 atom stereocenters. The SMILES string of the molecule is CSCc1ccc(CNCCCc2ncn[nH]2)o1. The minimum Gasteiger partial charge on any atom is -0.464 e. The number of rotatable bonds is 8. The topological polar surface area (TPSA) is 66.7 Å². The summed E-state index contributed by atoms with van der Waals surface area (Å²) in [6.07, 6.45) is 5.57. The zero-order valence-corrected chi connectivity index (χ0v) is 11.3. The lowest BCUT2D eigenvalue weighted by atomic mass is 10.3. The van der Waals surface area contributed by atoms with Gasteiger partial charge >= 0.3 is 0 Å². The van der Waals surface area contributed by atoms with E-state index in [0.717, 1.165) is 49.0 Å². The molecule has 0 fully saturated rings. The maximum absolute atomic E-state index is 5.66. The Morgan fingerprint density at radius 2 is 2.28 bits per heavy atom. The molecule has 0 aliphatic heterocycles. The molecule has 2 rings (SSSR count). The van der Waals surface area contributed by atoms with Crippen molar-refractivity contribution >= 4 is 11.8 Å². The number of furan rings is 1. The maximum atomic E-state index is 5.66. The third-order valence-corrected chi connectivity index (χ3v) is 3.11. The van der Waals surface area contributed by atoms with Gasteiger partial charge < -0.3 is 9.73 Å². The van der Waals surface area contributed by atoms with Crippen LogP contribution >= 0.6 is 11.8 Å². The van der Waals surface area contributed by atoms with Crippen LogP contribution in [0, 0.1) is 0 Å². The van der Waals surface area contributed by atoms with Gasteiger partial charge in [0, 0.05) is 6.42 Å². The summed E-state index contributed by atoms with van der Waals surface area (Å²) in [5, 5.41) is 10.0. The summed E-state index contributed by atoms with van der Waals surface area (Å²) >= 11 is 1.77. The Kier molecular flexibility index (Phi) is 5.29. The molecule has 5 nitrogen and oxygen atoms in total. The first kappa shape index (κ1) is 13.2. The van der Waals surface area contributed by atoms with Gasteiger partial charge in [-0.15, -0.1) is 0 Å². The van der Waals surface area contributed by atoms with Crippen LogP contribution in [0.25, 0.3) is 0 Å². The standard InChI is InChI=1S/C12H18N4OS/c1-18-8-11-5-4-10(17-11)7-13-6-2-3-12-14-9-15-16-12/h4-5,9,13H,2-3,6-8H2,1H3,(H,14,15,16). The van der Waals surface area contributed by atoms with Gasteiger partial charge in [-0.3, -0.25) is 5.10 Å². The highest BCUT2D eigenvalue weighted by Crippen LogP contribution is 2.13. The molecule has 0 unspecified atom stereocenters. The molecule has 2 aromatic heterocycles. The van der Waals surface area contributed by atoms with E-state index >= 15 is 0 Å². The van der Waals surface area contributed by atoms with Gasteiger partial charge in [0.1, 0.15) is 23.7 Å². The normalized spacial score (nSPS) is 10.9. The van der Waals surface area contributed by atoms with Crippen molar-refractivity contribution in [3.05, 3.63) is 35.8 Å². The third kappa shape index (κ3) is 4.19. The van der Waals surface area contributed by atoms with Gasteiger partial charge in [-0.25, -0.2) is 4.98 Å². The Balaban J connectivity index is 1.59. The smallest absolute Gasteiger partial charge is 0.137 e. The van der Waals surface area contributed by atoms with Crippen LogP contribution in [0.2, 0.25) is 0 Å². The van der Waals surface area contributed by atoms with Crippen molar-refractivity contribution in [1.82, 2.24) is 20.5 Å². The summed E-state index contributed by atoms with van der Waals surface area (Å²) in [6, 6.07) is 4.08. The number of hydrogen-bond donors (Lipinski definition) is 2. The molecule has 0 radical (unpaired) electrons. The molecule has 0 saturated heterocycles. The molecule has 0 amide bonds. The quantitative estimate of drug-likeness (QED) is 0.715. The van der Waals surface area contributed by atoms with E-state index < -0.39 is 0 Å². The van der Waals surface area contributed by atoms with Crippen molar-refractivity contribution in [1.29, 1.82) is 0 Å². The van der Waals surface area contributed by atoms with Crippen LogP contribution in [0.3, 0.4) is 0 Å². The minimum atomic E-state index is 0.783. The molecule has 98 valence electrons. The van der Waals surface area contributed by atoms with Crippen LogP contribution in [-0.4, -0.2) is 28.0 Å². The average Bonchev–Trinajstić information content (AvgIpc) is 3.01. The lowest BCUT2D eigenvalue weighted by Crippen LogP contribution is -2.15. The van der Waals surface area contributed by atoms with E-state index in [0.29, 0.717) is 0 Å². The highest BCUT2D eigenvalue weighted by molar-refractivity contribution is 7.97. The number of nitrogens with zero attached hydrogens (tertiary/aromatic N) is 2. The van der Waals surface area contributed by atoms with Crippen LogP contribution in [0.15, 0.2) is 22.9 Å². The van der Waals surface area contributed by atoms with Gasteiger partial charge in [-0.05, 0) is 31.4 Å². The molecule has 2 heterocycles. The summed E-state index contributed by atoms with van der Waals surface area (Å²) in [6.45, 7) is 1.73. The zero-order chi connectivity index (χ0) is 12.6. The van der Waals surface area contributed by atoms with Crippen molar-refractivity contribution < 1.29 is 4.42 Å². The van der Waals surface area contributed by atoms with Gasteiger partial charge in [-0.2, -0.15) is 16.9 Å². The zero-order valence-electron chi connectivity index (χ0n) is 10.5. The number of aromatic amines is 1. The number of hydrogen-bond acceptors (Lipinski definition) is 5. The van der Waals surface area contributed by atoms with Gasteiger partial charge in [0.25, 0.3) is 0 Å². The minimum absolute atomic E-state index is 0.783. The van der Waals surface area contributed by atoms with Gasteiger partial charge in [0.05, 0.1) is 12.3 Å². The molecule has 6 heteroatoms. The highest BCUT2D eigenvalue weighted by Gasteiger charge is 2.01. The summed E-state index contributed by atoms with van der Waals surface area (Å²) < 4.78 is 5.66. The third-order valence-electron chi connectivity index (χ3n) is 2.54.